The molecule has 0 aliphatic heterocycles. The van der Waals surface area contributed by atoms with Gasteiger partial charge in [-0.2, -0.15) is 5.10 Å². The maximum absolute atomic E-state index is 10.9. The van der Waals surface area contributed by atoms with Crippen LogP contribution in [-0.4, -0.2) is 21.3 Å². The third-order valence-corrected chi connectivity index (χ3v) is 2.26. The van der Waals surface area contributed by atoms with Crippen molar-refractivity contribution in [3.63, 3.8) is 0 Å². The molecule has 1 aromatic carbocycles. The SMILES string of the molecule is CC(C)=Cc1[nH]nc2ccc(C(=O)O)cc12. The number of benzene rings is 1. The molecule has 4 heteroatoms. The number of aromatic carboxylic acids is 1. The van der Waals surface area contributed by atoms with E-state index < -0.39 is 5.97 Å². The van der Waals surface area contributed by atoms with Crippen molar-refractivity contribution in [2.75, 3.05) is 0 Å². The summed E-state index contributed by atoms with van der Waals surface area (Å²) in [6.45, 7) is 3.96. The van der Waals surface area contributed by atoms with Gasteiger partial charge in [-0.1, -0.05) is 5.57 Å². The Balaban J connectivity index is 2.64. The molecule has 0 aliphatic carbocycles. The van der Waals surface area contributed by atoms with E-state index in [0.29, 0.717) is 0 Å². The van der Waals surface area contributed by atoms with Crippen LogP contribution in [0.2, 0.25) is 0 Å². The summed E-state index contributed by atoms with van der Waals surface area (Å²) in [6, 6.07) is 4.89. The van der Waals surface area contributed by atoms with Crippen molar-refractivity contribution < 1.29 is 9.90 Å². The van der Waals surface area contributed by atoms with Gasteiger partial charge in [0.05, 0.1) is 16.8 Å². The summed E-state index contributed by atoms with van der Waals surface area (Å²) in [5, 5.41) is 16.7. The number of hydrogen-bond acceptors (Lipinski definition) is 2. The third-order valence-electron chi connectivity index (χ3n) is 2.26. The van der Waals surface area contributed by atoms with E-state index >= 15 is 0 Å². The van der Waals surface area contributed by atoms with Gasteiger partial charge in [0.2, 0.25) is 0 Å². The van der Waals surface area contributed by atoms with Crippen molar-refractivity contribution in [2.24, 2.45) is 0 Å². The van der Waals surface area contributed by atoms with Crippen LogP contribution in [0.5, 0.6) is 0 Å². The molecule has 82 valence electrons. The lowest BCUT2D eigenvalue weighted by Crippen LogP contribution is -1.94. The monoisotopic (exact) mass is 216 g/mol. The van der Waals surface area contributed by atoms with Crippen molar-refractivity contribution in [3.8, 4) is 0 Å². The van der Waals surface area contributed by atoms with E-state index in [2.05, 4.69) is 10.2 Å². The number of H-pyrrole nitrogens is 1. The summed E-state index contributed by atoms with van der Waals surface area (Å²) in [7, 11) is 0. The Morgan fingerprint density at radius 2 is 2.19 bits per heavy atom. The lowest BCUT2D eigenvalue weighted by atomic mass is 10.1. The van der Waals surface area contributed by atoms with Gasteiger partial charge in [0.25, 0.3) is 0 Å². The number of nitrogens with zero attached hydrogens (tertiary/aromatic N) is 1. The van der Waals surface area contributed by atoms with Crippen LogP contribution in [0.3, 0.4) is 0 Å². The molecule has 4 nitrogen and oxygen atoms in total. The molecule has 0 aliphatic rings. The summed E-state index contributed by atoms with van der Waals surface area (Å²) in [4.78, 5) is 10.9. The molecule has 2 rings (SSSR count). The highest BCUT2D eigenvalue weighted by Gasteiger charge is 2.07. The van der Waals surface area contributed by atoms with Gasteiger partial charge in [-0.25, -0.2) is 4.79 Å². The van der Waals surface area contributed by atoms with Crippen molar-refractivity contribution in [2.45, 2.75) is 13.8 Å². The van der Waals surface area contributed by atoms with Crippen LogP contribution in [0, 0.1) is 0 Å². The lowest BCUT2D eigenvalue weighted by Gasteiger charge is -1.95. The first-order valence-corrected chi connectivity index (χ1v) is 4.94. The highest BCUT2D eigenvalue weighted by atomic mass is 16.4. The standard InChI is InChI=1S/C12H12N2O2/c1-7(2)5-11-9-6-8(12(15)16)3-4-10(9)13-14-11/h3-6H,1-2H3,(H,13,14)(H,15,16). The minimum atomic E-state index is -0.925. The fourth-order valence-corrected chi connectivity index (χ4v) is 1.56. The molecule has 2 N–H and O–H groups in total. The summed E-state index contributed by atoms with van der Waals surface area (Å²) in [6.07, 6.45) is 1.95. The summed E-state index contributed by atoms with van der Waals surface area (Å²) in [5.74, 6) is -0.925. The van der Waals surface area contributed by atoms with Gasteiger partial charge in [0.15, 0.2) is 0 Å². The van der Waals surface area contributed by atoms with Crippen molar-refractivity contribution in [1.82, 2.24) is 10.2 Å². The van der Waals surface area contributed by atoms with Crippen LogP contribution in [-0.2, 0) is 0 Å². The summed E-state index contributed by atoms with van der Waals surface area (Å²) in [5.41, 5.74) is 3.03. The highest BCUT2D eigenvalue weighted by molar-refractivity contribution is 5.95. The van der Waals surface area contributed by atoms with E-state index in [4.69, 9.17) is 5.11 Å². The van der Waals surface area contributed by atoms with Crippen molar-refractivity contribution in [1.29, 1.82) is 0 Å². The topological polar surface area (TPSA) is 66.0 Å². The smallest absolute Gasteiger partial charge is 0.335 e. The Hall–Kier alpha value is -2.10. The molecule has 16 heavy (non-hydrogen) atoms. The number of aromatic amines is 1. The van der Waals surface area contributed by atoms with Gasteiger partial charge < -0.3 is 5.11 Å². The molecular formula is C12H12N2O2. The Bertz CT molecular complexity index is 578. The number of carbonyl (C=O) groups is 1. The molecule has 0 radical (unpaired) electrons. The maximum atomic E-state index is 10.9. The maximum Gasteiger partial charge on any atom is 0.335 e. The number of fused-ring (bicyclic) bond motifs is 1. The van der Waals surface area contributed by atoms with E-state index in [9.17, 15) is 4.79 Å². The van der Waals surface area contributed by atoms with E-state index in [1.165, 1.54) is 0 Å². The van der Waals surface area contributed by atoms with Crippen molar-refractivity contribution >= 4 is 22.9 Å². The van der Waals surface area contributed by atoms with Gasteiger partial charge in [-0.05, 0) is 38.1 Å². The molecule has 0 fully saturated rings. The molecular weight excluding hydrogens is 204 g/mol. The molecule has 2 aromatic rings. The molecule has 0 saturated heterocycles. The Labute approximate surface area is 92.6 Å². The Kier molecular flexibility index (Phi) is 2.48. The zero-order valence-corrected chi connectivity index (χ0v) is 9.11. The summed E-state index contributed by atoms with van der Waals surface area (Å²) >= 11 is 0. The second kappa shape index (κ2) is 3.81. The molecule has 0 atom stereocenters. The first kappa shape index (κ1) is 10.4. The minimum absolute atomic E-state index is 0.275. The molecule has 0 saturated carbocycles. The van der Waals surface area contributed by atoms with E-state index in [1.54, 1.807) is 18.2 Å². The predicted octanol–water partition coefficient (Wildman–Crippen LogP) is 2.68. The van der Waals surface area contributed by atoms with Crippen LogP contribution in [0.15, 0.2) is 23.8 Å². The van der Waals surface area contributed by atoms with Gasteiger partial charge >= 0.3 is 5.97 Å². The van der Waals surface area contributed by atoms with Gasteiger partial charge in [0.1, 0.15) is 0 Å². The molecule has 0 amide bonds. The fraction of sp³-hybridized carbons (Fsp3) is 0.167. The Morgan fingerprint density at radius 1 is 1.44 bits per heavy atom. The van der Waals surface area contributed by atoms with Crippen molar-refractivity contribution in [3.05, 3.63) is 35.0 Å². The van der Waals surface area contributed by atoms with Crippen LogP contribution in [0.4, 0.5) is 0 Å². The Morgan fingerprint density at radius 3 is 2.81 bits per heavy atom. The quantitative estimate of drug-likeness (QED) is 0.811. The minimum Gasteiger partial charge on any atom is -0.478 e. The zero-order chi connectivity index (χ0) is 11.7. The average molecular weight is 216 g/mol. The number of carboxylic acid groups (broad SMARTS) is 1. The second-order valence-corrected chi connectivity index (χ2v) is 3.90. The normalized spacial score (nSPS) is 10.4. The number of allylic oxidation sites excluding steroid dienone is 1. The van der Waals surface area contributed by atoms with E-state index in [-0.39, 0.29) is 5.56 Å². The van der Waals surface area contributed by atoms with E-state index in [0.717, 1.165) is 22.2 Å². The van der Waals surface area contributed by atoms with Crippen LogP contribution in [0.25, 0.3) is 17.0 Å². The van der Waals surface area contributed by atoms with E-state index in [1.807, 2.05) is 19.9 Å². The first-order chi connectivity index (χ1) is 7.58. The zero-order valence-electron chi connectivity index (χ0n) is 9.11. The lowest BCUT2D eigenvalue weighted by molar-refractivity contribution is 0.0697. The molecule has 1 aromatic heterocycles. The molecule has 0 bridgehead atoms. The number of carboxylic acids is 1. The number of aromatic nitrogens is 2. The third kappa shape index (κ3) is 1.82. The predicted molar refractivity (Wildman–Crippen MR) is 62.4 cm³/mol. The average Bonchev–Trinajstić information content (AvgIpc) is 2.60. The van der Waals surface area contributed by atoms with Gasteiger partial charge in [0, 0.05) is 5.39 Å². The number of rotatable bonds is 2. The van der Waals surface area contributed by atoms with Crippen LogP contribution in [0.1, 0.15) is 29.9 Å². The summed E-state index contributed by atoms with van der Waals surface area (Å²) < 4.78 is 0. The largest absolute Gasteiger partial charge is 0.478 e. The fourth-order valence-electron chi connectivity index (χ4n) is 1.56. The number of hydrogen-bond donors (Lipinski definition) is 2. The van der Waals surface area contributed by atoms with Crippen LogP contribution >= 0.6 is 0 Å². The molecule has 0 spiro atoms. The molecule has 0 unspecified atom stereocenters. The van der Waals surface area contributed by atoms with Gasteiger partial charge in [-0.15, -0.1) is 0 Å². The highest BCUT2D eigenvalue weighted by Crippen LogP contribution is 2.19. The number of nitrogens with one attached hydrogen (secondary N) is 1. The van der Waals surface area contributed by atoms with Crippen LogP contribution < -0.4 is 0 Å². The second-order valence-electron chi connectivity index (χ2n) is 3.90. The van der Waals surface area contributed by atoms with Gasteiger partial charge in [-0.3, -0.25) is 5.10 Å². The first-order valence-electron chi connectivity index (χ1n) is 4.94. The molecule has 1 heterocycles.